The summed E-state index contributed by atoms with van der Waals surface area (Å²) in [5.74, 6) is -1.86. The van der Waals surface area contributed by atoms with Crippen LogP contribution in [0.5, 0.6) is 0 Å². The van der Waals surface area contributed by atoms with Gasteiger partial charge in [-0.2, -0.15) is 0 Å². The van der Waals surface area contributed by atoms with Gasteiger partial charge in [-0.15, -0.1) is 0 Å². The van der Waals surface area contributed by atoms with E-state index in [2.05, 4.69) is 0 Å². The molecule has 0 radical (unpaired) electrons. The van der Waals surface area contributed by atoms with E-state index < -0.39 is 18.0 Å². The van der Waals surface area contributed by atoms with Crippen LogP contribution in [0.25, 0.3) is 0 Å². The SMILES string of the molecule is O=C(O)C(c1ccccc1)C(O)c1ccco1. The number of carboxylic acid groups (broad SMARTS) is 1. The molecule has 1 aromatic heterocycles. The Morgan fingerprint density at radius 1 is 1.12 bits per heavy atom. The van der Waals surface area contributed by atoms with Gasteiger partial charge in [0.15, 0.2) is 0 Å². The highest BCUT2D eigenvalue weighted by atomic mass is 16.4. The largest absolute Gasteiger partial charge is 0.481 e. The lowest BCUT2D eigenvalue weighted by atomic mass is 9.92. The van der Waals surface area contributed by atoms with Crippen LogP contribution in [0.1, 0.15) is 23.3 Å². The summed E-state index contributed by atoms with van der Waals surface area (Å²) in [5.41, 5.74) is 0.545. The first-order chi connectivity index (χ1) is 8.20. The predicted molar refractivity (Wildman–Crippen MR) is 60.5 cm³/mol. The molecule has 0 amide bonds. The van der Waals surface area contributed by atoms with E-state index in [1.165, 1.54) is 6.26 Å². The molecule has 88 valence electrons. The zero-order valence-corrected chi connectivity index (χ0v) is 8.98. The molecule has 0 bridgehead atoms. The van der Waals surface area contributed by atoms with Crippen LogP contribution in [-0.4, -0.2) is 16.2 Å². The molecule has 1 heterocycles. The Bertz CT molecular complexity index is 475. The first-order valence-corrected chi connectivity index (χ1v) is 5.19. The second kappa shape index (κ2) is 4.84. The van der Waals surface area contributed by atoms with Crippen LogP contribution >= 0.6 is 0 Å². The average Bonchev–Trinajstić information content (AvgIpc) is 2.83. The van der Waals surface area contributed by atoms with Gasteiger partial charge < -0.3 is 14.6 Å². The quantitative estimate of drug-likeness (QED) is 0.847. The number of carbonyl (C=O) groups is 1. The van der Waals surface area contributed by atoms with Gasteiger partial charge in [0.05, 0.1) is 6.26 Å². The van der Waals surface area contributed by atoms with Gasteiger partial charge in [-0.05, 0) is 17.7 Å². The normalized spacial score (nSPS) is 14.2. The van der Waals surface area contributed by atoms with Crippen LogP contribution in [0, 0.1) is 0 Å². The van der Waals surface area contributed by atoms with Crippen molar-refractivity contribution in [3.8, 4) is 0 Å². The third-order valence-electron chi connectivity index (χ3n) is 2.58. The van der Waals surface area contributed by atoms with Crippen LogP contribution in [0.3, 0.4) is 0 Å². The maximum Gasteiger partial charge on any atom is 0.314 e. The number of aliphatic carboxylic acids is 1. The highest BCUT2D eigenvalue weighted by Gasteiger charge is 2.31. The van der Waals surface area contributed by atoms with E-state index in [4.69, 9.17) is 4.42 Å². The van der Waals surface area contributed by atoms with Crippen molar-refractivity contribution >= 4 is 5.97 Å². The first-order valence-electron chi connectivity index (χ1n) is 5.19. The third-order valence-corrected chi connectivity index (χ3v) is 2.58. The van der Waals surface area contributed by atoms with E-state index in [9.17, 15) is 15.0 Å². The highest BCUT2D eigenvalue weighted by Crippen LogP contribution is 2.31. The van der Waals surface area contributed by atoms with Gasteiger partial charge in [-0.1, -0.05) is 30.3 Å². The average molecular weight is 232 g/mol. The Morgan fingerprint density at radius 3 is 2.35 bits per heavy atom. The lowest BCUT2D eigenvalue weighted by molar-refractivity contribution is -0.142. The second-order valence-electron chi connectivity index (χ2n) is 3.69. The van der Waals surface area contributed by atoms with Gasteiger partial charge in [0.2, 0.25) is 0 Å². The van der Waals surface area contributed by atoms with Crippen molar-refractivity contribution in [2.24, 2.45) is 0 Å². The van der Waals surface area contributed by atoms with Gasteiger partial charge in [-0.25, -0.2) is 0 Å². The molecular formula is C13H12O4. The number of hydrogen-bond donors (Lipinski definition) is 2. The van der Waals surface area contributed by atoms with Crippen molar-refractivity contribution < 1.29 is 19.4 Å². The van der Waals surface area contributed by atoms with E-state index >= 15 is 0 Å². The number of hydrogen-bond acceptors (Lipinski definition) is 3. The third kappa shape index (κ3) is 2.37. The predicted octanol–water partition coefficient (Wildman–Crippen LogP) is 2.18. The topological polar surface area (TPSA) is 70.7 Å². The summed E-state index contributed by atoms with van der Waals surface area (Å²) in [6, 6.07) is 11.8. The van der Waals surface area contributed by atoms with Crippen LogP contribution in [0.15, 0.2) is 53.1 Å². The molecule has 4 nitrogen and oxygen atoms in total. The molecule has 2 unspecified atom stereocenters. The summed E-state index contributed by atoms with van der Waals surface area (Å²) in [5, 5.41) is 19.2. The smallest absolute Gasteiger partial charge is 0.314 e. The van der Waals surface area contributed by atoms with Gasteiger partial charge in [-0.3, -0.25) is 4.79 Å². The fraction of sp³-hybridized carbons (Fsp3) is 0.154. The Morgan fingerprint density at radius 2 is 1.82 bits per heavy atom. The van der Waals surface area contributed by atoms with Crippen LogP contribution in [0.4, 0.5) is 0 Å². The summed E-state index contributed by atoms with van der Waals surface area (Å²) < 4.78 is 5.03. The monoisotopic (exact) mass is 232 g/mol. The Kier molecular flexibility index (Phi) is 3.25. The van der Waals surface area contributed by atoms with Crippen molar-refractivity contribution in [2.75, 3.05) is 0 Å². The van der Waals surface area contributed by atoms with Gasteiger partial charge in [0, 0.05) is 0 Å². The summed E-state index contributed by atoms with van der Waals surface area (Å²) in [7, 11) is 0. The lowest BCUT2D eigenvalue weighted by Crippen LogP contribution is -2.19. The summed E-state index contributed by atoms with van der Waals surface area (Å²) in [6.07, 6.45) is 0.215. The Labute approximate surface area is 98.1 Å². The zero-order chi connectivity index (χ0) is 12.3. The minimum atomic E-state index is -1.19. The molecule has 0 saturated heterocycles. The van der Waals surface area contributed by atoms with E-state index in [-0.39, 0.29) is 5.76 Å². The van der Waals surface area contributed by atoms with Gasteiger partial charge in [0.25, 0.3) is 0 Å². The van der Waals surface area contributed by atoms with E-state index in [1.54, 1.807) is 42.5 Å². The number of benzene rings is 1. The lowest BCUT2D eigenvalue weighted by Gasteiger charge is -2.17. The molecule has 4 heteroatoms. The fourth-order valence-electron chi connectivity index (χ4n) is 1.74. The van der Waals surface area contributed by atoms with Gasteiger partial charge >= 0.3 is 5.97 Å². The minimum absolute atomic E-state index is 0.251. The summed E-state index contributed by atoms with van der Waals surface area (Å²) in [4.78, 5) is 11.2. The molecule has 2 rings (SSSR count). The molecule has 0 aliphatic heterocycles. The Hall–Kier alpha value is -2.07. The molecule has 17 heavy (non-hydrogen) atoms. The van der Waals surface area contributed by atoms with E-state index in [0.717, 1.165) is 0 Å². The van der Waals surface area contributed by atoms with E-state index in [0.29, 0.717) is 5.56 Å². The molecule has 0 saturated carbocycles. The molecule has 0 fully saturated rings. The summed E-state index contributed by atoms with van der Waals surface area (Å²) in [6.45, 7) is 0. The first kappa shape index (κ1) is 11.4. The van der Waals surface area contributed by atoms with Crippen molar-refractivity contribution in [3.63, 3.8) is 0 Å². The maximum atomic E-state index is 11.2. The highest BCUT2D eigenvalue weighted by molar-refractivity contribution is 5.77. The molecule has 0 aliphatic rings. The van der Waals surface area contributed by atoms with Crippen molar-refractivity contribution in [2.45, 2.75) is 12.0 Å². The maximum absolute atomic E-state index is 11.2. The standard InChI is InChI=1S/C13H12O4/c14-12(10-7-4-8-17-10)11(13(15)16)9-5-2-1-3-6-9/h1-8,11-12,14H,(H,15,16). The second-order valence-corrected chi connectivity index (χ2v) is 3.69. The summed E-state index contributed by atoms with van der Waals surface area (Å²) >= 11 is 0. The molecule has 2 N–H and O–H groups in total. The van der Waals surface area contributed by atoms with Crippen molar-refractivity contribution in [3.05, 3.63) is 60.1 Å². The minimum Gasteiger partial charge on any atom is -0.481 e. The van der Waals surface area contributed by atoms with Crippen molar-refractivity contribution in [1.82, 2.24) is 0 Å². The number of furan rings is 1. The van der Waals surface area contributed by atoms with E-state index in [1.807, 2.05) is 0 Å². The molecule has 2 atom stereocenters. The van der Waals surface area contributed by atoms with Crippen LogP contribution in [0.2, 0.25) is 0 Å². The molecule has 2 aromatic rings. The number of rotatable bonds is 4. The molecule has 0 aliphatic carbocycles. The zero-order valence-electron chi connectivity index (χ0n) is 8.98. The molecular weight excluding hydrogens is 220 g/mol. The van der Waals surface area contributed by atoms with Crippen LogP contribution < -0.4 is 0 Å². The molecule has 0 spiro atoms. The Balaban J connectivity index is 2.34. The van der Waals surface area contributed by atoms with Crippen molar-refractivity contribution in [1.29, 1.82) is 0 Å². The number of carboxylic acids is 1. The van der Waals surface area contributed by atoms with Gasteiger partial charge in [0.1, 0.15) is 17.8 Å². The molecule has 1 aromatic carbocycles. The van der Waals surface area contributed by atoms with Crippen LogP contribution in [-0.2, 0) is 4.79 Å². The number of aliphatic hydroxyl groups is 1. The fourth-order valence-corrected chi connectivity index (χ4v) is 1.74. The number of aliphatic hydroxyl groups excluding tert-OH is 1.